The Labute approximate surface area is 142 Å². The number of hydrogen-bond acceptors (Lipinski definition) is 5. The molecule has 0 amide bonds. The Bertz CT molecular complexity index is 673. The van der Waals surface area contributed by atoms with Crippen molar-refractivity contribution in [2.75, 3.05) is 19.6 Å². The summed E-state index contributed by atoms with van der Waals surface area (Å²) in [5, 5.41) is 14.2. The van der Waals surface area contributed by atoms with Crippen LogP contribution >= 0.6 is 12.4 Å². The average molecular weight is 364 g/mol. The Morgan fingerprint density at radius 3 is 2.61 bits per heavy atom. The summed E-state index contributed by atoms with van der Waals surface area (Å²) in [6.45, 7) is 5.34. The van der Waals surface area contributed by atoms with Gasteiger partial charge < -0.3 is 5.32 Å². The van der Waals surface area contributed by atoms with E-state index >= 15 is 0 Å². The highest BCUT2D eigenvalue weighted by atomic mass is 35.5. The van der Waals surface area contributed by atoms with Gasteiger partial charge in [-0.05, 0) is 57.3 Å². The van der Waals surface area contributed by atoms with Crippen molar-refractivity contribution in [3.8, 4) is 0 Å². The van der Waals surface area contributed by atoms with Gasteiger partial charge in [0.05, 0.1) is 9.82 Å². The van der Waals surface area contributed by atoms with Gasteiger partial charge in [0.1, 0.15) is 0 Å². The van der Waals surface area contributed by atoms with Gasteiger partial charge in [0.25, 0.3) is 5.69 Å². The molecule has 1 aromatic rings. The second-order valence-corrected chi connectivity index (χ2v) is 7.46. The van der Waals surface area contributed by atoms with E-state index in [2.05, 4.69) is 10.0 Å². The van der Waals surface area contributed by atoms with Crippen molar-refractivity contribution in [1.82, 2.24) is 10.0 Å². The monoisotopic (exact) mass is 363 g/mol. The van der Waals surface area contributed by atoms with Gasteiger partial charge in [-0.3, -0.25) is 10.1 Å². The first-order chi connectivity index (χ1) is 10.3. The van der Waals surface area contributed by atoms with Crippen LogP contribution in [0.3, 0.4) is 0 Å². The first-order valence-corrected chi connectivity index (χ1v) is 8.75. The first kappa shape index (κ1) is 19.8. The SMILES string of the molecule is Cc1cc(C)c(S(=O)(=O)NCC2CCCNC2)cc1[N+](=O)[O-].Cl. The molecule has 1 aliphatic heterocycles. The second-order valence-electron chi connectivity index (χ2n) is 5.73. The zero-order chi connectivity index (χ0) is 16.3. The maximum atomic E-state index is 12.4. The van der Waals surface area contributed by atoms with Gasteiger partial charge >= 0.3 is 0 Å². The molecule has 7 nitrogen and oxygen atoms in total. The number of piperidine rings is 1. The Morgan fingerprint density at radius 1 is 1.35 bits per heavy atom. The zero-order valence-corrected chi connectivity index (χ0v) is 14.8. The number of sulfonamides is 1. The Balaban J connectivity index is 0.00000264. The third-order valence-corrected chi connectivity index (χ3v) is 5.51. The maximum Gasteiger partial charge on any atom is 0.273 e. The smallest absolute Gasteiger partial charge is 0.273 e. The van der Waals surface area contributed by atoms with Crippen LogP contribution in [-0.2, 0) is 10.0 Å². The predicted octanol–water partition coefficient (Wildman–Crippen LogP) is 1.91. The molecule has 1 unspecified atom stereocenters. The van der Waals surface area contributed by atoms with E-state index in [0.29, 0.717) is 17.7 Å². The molecule has 1 atom stereocenters. The number of nitro benzene ring substituents is 1. The van der Waals surface area contributed by atoms with Crippen molar-refractivity contribution in [1.29, 1.82) is 0 Å². The number of halogens is 1. The van der Waals surface area contributed by atoms with Crippen LogP contribution in [0.15, 0.2) is 17.0 Å². The number of nitrogens with one attached hydrogen (secondary N) is 2. The van der Waals surface area contributed by atoms with Gasteiger partial charge in [-0.25, -0.2) is 13.1 Å². The molecule has 1 fully saturated rings. The number of benzene rings is 1. The van der Waals surface area contributed by atoms with E-state index in [1.165, 1.54) is 6.07 Å². The molecule has 130 valence electrons. The largest absolute Gasteiger partial charge is 0.316 e. The summed E-state index contributed by atoms with van der Waals surface area (Å²) in [7, 11) is -3.75. The first-order valence-electron chi connectivity index (χ1n) is 7.27. The maximum absolute atomic E-state index is 12.4. The lowest BCUT2D eigenvalue weighted by Gasteiger charge is -2.23. The zero-order valence-electron chi connectivity index (χ0n) is 13.2. The molecule has 23 heavy (non-hydrogen) atoms. The molecule has 0 aromatic heterocycles. The molecule has 1 aromatic carbocycles. The van der Waals surface area contributed by atoms with Crippen LogP contribution in [0.5, 0.6) is 0 Å². The predicted molar refractivity (Wildman–Crippen MR) is 90.6 cm³/mol. The summed E-state index contributed by atoms with van der Waals surface area (Å²) in [5.74, 6) is 0.254. The van der Waals surface area contributed by atoms with Crippen molar-refractivity contribution in [2.45, 2.75) is 31.6 Å². The van der Waals surface area contributed by atoms with E-state index in [1.54, 1.807) is 13.8 Å². The molecule has 0 aliphatic carbocycles. The van der Waals surface area contributed by atoms with E-state index in [9.17, 15) is 18.5 Å². The van der Waals surface area contributed by atoms with E-state index in [-0.39, 0.29) is 28.9 Å². The topological polar surface area (TPSA) is 101 Å². The van der Waals surface area contributed by atoms with E-state index in [0.717, 1.165) is 32.0 Å². The fourth-order valence-electron chi connectivity index (χ4n) is 2.71. The molecule has 1 heterocycles. The summed E-state index contributed by atoms with van der Waals surface area (Å²) in [5.41, 5.74) is 0.792. The summed E-state index contributed by atoms with van der Waals surface area (Å²) < 4.78 is 27.4. The van der Waals surface area contributed by atoms with Crippen molar-refractivity contribution < 1.29 is 13.3 Å². The molecule has 1 aliphatic rings. The molecule has 0 bridgehead atoms. The number of hydrogen-bond donors (Lipinski definition) is 2. The van der Waals surface area contributed by atoms with Gasteiger partial charge in [0.15, 0.2) is 0 Å². The normalized spacial score (nSPS) is 18.3. The van der Waals surface area contributed by atoms with Gasteiger partial charge in [-0.2, -0.15) is 0 Å². The number of nitrogens with zero attached hydrogens (tertiary/aromatic N) is 1. The van der Waals surface area contributed by atoms with E-state index in [1.807, 2.05) is 0 Å². The van der Waals surface area contributed by atoms with Crippen LogP contribution in [0.25, 0.3) is 0 Å². The van der Waals surface area contributed by atoms with Crippen molar-refractivity contribution in [3.05, 3.63) is 33.4 Å². The highest BCUT2D eigenvalue weighted by molar-refractivity contribution is 7.89. The average Bonchev–Trinajstić information content (AvgIpc) is 2.45. The van der Waals surface area contributed by atoms with Gasteiger partial charge in [-0.15, -0.1) is 12.4 Å². The minimum absolute atomic E-state index is 0. The lowest BCUT2D eigenvalue weighted by molar-refractivity contribution is -0.385. The molecule has 1 saturated heterocycles. The molecule has 2 rings (SSSR count). The summed E-state index contributed by atoms with van der Waals surface area (Å²) in [6, 6.07) is 2.68. The summed E-state index contributed by atoms with van der Waals surface area (Å²) in [6.07, 6.45) is 2.00. The lowest BCUT2D eigenvalue weighted by Crippen LogP contribution is -2.38. The van der Waals surface area contributed by atoms with Gasteiger partial charge in [0, 0.05) is 18.2 Å². The molecule has 0 radical (unpaired) electrons. The van der Waals surface area contributed by atoms with Crippen LogP contribution in [0.2, 0.25) is 0 Å². The minimum atomic E-state index is -3.75. The third-order valence-electron chi connectivity index (χ3n) is 3.94. The molecule has 2 N–H and O–H groups in total. The van der Waals surface area contributed by atoms with Crippen LogP contribution in [0.1, 0.15) is 24.0 Å². The third kappa shape index (κ3) is 4.87. The van der Waals surface area contributed by atoms with Gasteiger partial charge in [0.2, 0.25) is 10.0 Å². The van der Waals surface area contributed by atoms with Crippen LogP contribution < -0.4 is 10.0 Å². The Hall–Kier alpha value is -1.22. The van der Waals surface area contributed by atoms with Crippen LogP contribution in [0, 0.1) is 29.9 Å². The highest BCUT2D eigenvalue weighted by Gasteiger charge is 2.24. The minimum Gasteiger partial charge on any atom is -0.316 e. The van der Waals surface area contributed by atoms with E-state index in [4.69, 9.17) is 0 Å². The number of nitro groups is 1. The van der Waals surface area contributed by atoms with Crippen molar-refractivity contribution in [3.63, 3.8) is 0 Å². The molecule has 9 heteroatoms. The summed E-state index contributed by atoms with van der Waals surface area (Å²) >= 11 is 0. The molecular weight excluding hydrogens is 342 g/mol. The number of aryl methyl sites for hydroxylation is 2. The molecule has 0 saturated carbocycles. The Morgan fingerprint density at radius 2 is 2.04 bits per heavy atom. The van der Waals surface area contributed by atoms with Crippen molar-refractivity contribution >= 4 is 28.1 Å². The number of rotatable bonds is 5. The van der Waals surface area contributed by atoms with Crippen molar-refractivity contribution in [2.24, 2.45) is 5.92 Å². The molecule has 0 spiro atoms. The summed E-state index contributed by atoms with van der Waals surface area (Å²) in [4.78, 5) is 10.4. The highest BCUT2D eigenvalue weighted by Crippen LogP contribution is 2.26. The van der Waals surface area contributed by atoms with Gasteiger partial charge in [-0.1, -0.05) is 0 Å². The van der Waals surface area contributed by atoms with E-state index < -0.39 is 14.9 Å². The molecular formula is C14H22ClN3O4S. The second kappa shape index (κ2) is 8.05. The van der Waals surface area contributed by atoms with Crippen LogP contribution in [0.4, 0.5) is 5.69 Å². The lowest BCUT2D eigenvalue weighted by atomic mass is 10.0. The Kier molecular flexibility index (Phi) is 6.94. The fraction of sp³-hybridized carbons (Fsp3) is 0.571. The quantitative estimate of drug-likeness (QED) is 0.614. The van der Waals surface area contributed by atoms with Crippen LogP contribution in [-0.4, -0.2) is 33.0 Å². The standard InChI is InChI=1S/C14H21N3O4S.ClH/c1-10-6-11(2)14(7-13(10)17(18)19)22(20,21)16-9-12-4-3-5-15-8-12;/h6-7,12,15-16H,3-5,8-9H2,1-2H3;1H. The fourth-order valence-corrected chi connectivity index (χ4v) is 4.07.